The molecule has 0 radical (unpaired) electrons. The van der Waals surface area contributed by atoms with Crippen molar-refractivity contribution in [3.8, 4) is 0 Å². The molecule has 1 N–H and O–H groups in total. The van der Waals surface area contributed by atoms with Crippen molar-refractivity contribution in [1.29, 1.82) is 0 Å². The van der Waals surface area contributed by atoms with Gasteiger partial charge >= 0.3 is 5.97 Å². The monoisotopic (exact) mass is 186 g/mol. The Balaban J connectivity index is 0.000000223. The summed E-state index contributed by atoms with van der Waals surface area (Å²) in [7, 11) is 0. The highest BCUT2D eigenvalue weighted by atomic mass is 16.4. The molecule has 0 aromatic rings. The summed E-state index contributed by atoms with van der Waals surface area (Å²) in [6, 6.07) is 0. The minimum Gasteiger partial charge on any atom is -0.481 e. The van der Waals surface area contributed by atoms with Crippen molar-refractivity contribution < 1.29 is 14.7 Å². The second-order valence-corrected chi connectivity index (χ2v) is 3.39. The first-order valence-electron chi connectivity index (χ1n) is 4.84. The summed E-state index contributed by atoms with van der Waals surface area (Å²) in [5.41, 5.74) is 0. The molecule has 1 aliphatic rings. The third kappa shape index (κ3) is 11.1. The van der Waals surface area contributed by atoms with Gasteiger partial charge in [0.1, 0.15) is 12.2 Å². The first-order valence-corrected chi connectivity index (χ1v) is 4.84. The number of rotatable bonds is 2. The standard InChI is InChI=1S/C6H12.C4H6O3/c1-2-4-6-5-3-1;1-3(5)2-4(6)7/h1-6H2;2H2,1H3,(H,6,7). The maximum atomic E-state index is 9.87. The number of hydrogen-bond acceptors (Lipinski definition) is 2. The van der Waals surface area contributed by atoms with Crippen molar-refractivity contribution in [2.75, 3.05) is 0 Å². The number of aliphatic carboxylic acids is 1. The first kappa shape index (κ1) is 12.1. The van der Waals surface area contributed by atoms with E-state index < -0.39 is 5.97 Å². The van der Waals surface area contributed by atoms with Crippen molar-refractivity contribution in [2.24, 2.45) is 0 Å². The van der Waals surface area contributed by atoms with Gasteiger partial charge in [-0.05, 0) is 6.92 Å². The Morgan fingerprint density at radius 1 is 1.00 bits per heavy atom. The van der Waals surface area contributed by atoms with Gasteiger partial charge in [0.25, 0.3) is 0 Å². The summed E-state index contributed by atoms with van der Waals surface area (Å²) in [6.07, 6.45) is 8.64. The summed E-state index contributed by atoms with van der Waals surface area (Å²) in [5, 5.41) is 7.86. The maximum Gasteiger partial charge on any atom is 0.310 e. The van der Waals surface area contributed by atoms with Gasteiger partial charge in [-0.25, -0.2) is 0 Å². The number of carboxylic acids is 1. The summed E-state index contributed by atoms with van der Waals surface area (Å²) >= 11 is 0. The van der Waals surface area contributed by atoms with Crippen LogP contribution in [0.3, 0.4) is 0 Å². The highest BCUT2D eigenvalue weighted by Crippen LogP contribution is 2.15. The molecule has 0 amide bonds. The molecule has 1 saturated carbocycles. The third-order valence-corrected chi connectivity index (χ3v) is 1.90. The van der Waals surface area contributed by atoms with Gasteiger partial charge in [-0.2, -0.15) is 0 Å². The highest BCUT2D eigenvalue weighted by molar-refractivity contribution is 5.93. The number of carbonyl (C=O) groups is 2. The SMILES string of the molecule is C1CCCCC1.CC(=O)CC(=O)O. The molecule has 1 aliphatic carbocycles. The first-order chi connectivity index (χ1) is 6.13. The van der Waals surface area contributed by atoms with Crippen molar-refractivity contribution in [1.82, 2.24) is 0 Å². The number of carboxylic acid groups (broad SMARTS) is 1. The Kier molecular flexibility index (Phi) is 7.26. The van der Waals surface area contributed by atoms with Crippen molar-refractivity contribution >= 4 is 11.8 Å². The number of ketones is 1. The fourth-order valence-electron chi connectivity index (χ4n) is 1.27. The lowest BCUT2D eigenvalue weighted by Crippen LogP contribution is -2.00. The molecule has 0 bridgehead atoms. The van der Waals surface area contributed by atoms with Crippen LogP contribution in [0.2, 0.25) is 0 Å². The van der Waals surface area contributed by atoms with Crippen LogP contribution >= 0.6 is 0 Å². The average molecular weight is 186 g/mol. The van der Waals surface area contributed by atoms with Crippen LogP contribution in [-0.2, 0) is 9.59 Å². The fourth-order valence-corrected chi connectivity index (χ4v) is 1.27. The maximum absolute atomic E-state index is 9.87. The lowest BCUT2D eigenvalue weighted by Gasteiger charge is -2.05. The van der Waals surface area contributed by atoms with E-state index in [1.54, 1.807) is 0 Å². The third-order valence-electron chi connectivity index (χ3n) is 1.90. The van der Waals surface area contributed by atoms with Crippen LogP contribution in [0.25, 0.3) is 0 Å². The van der Waals surface area contributed by atoms with Crippen molar-refractivity contribution in [3.63, 3.8) is 0 Å². The molecule has 1 fully saturated rings. The molecule has 0 unspecified atom stereocenters. The zero-order valence-electron chi connectivity index (χ0n) is 8.21. The molecule has 3 heteroatoms. The molecule has 0 atom stereocenters. The van der Waals surface area contributed by atoms with E-state index >= 15 is 0 Å². The van der Waals surface area contributed by atoms with Crippen LogP contribution in [-0.4, -0.2) is 16.9 Å². The van der Waals surface area contributed by atoms with E-state index in [1.165, 1.54) is 45.4 Å². The summed E-state index contributed by atoms with van der Waals surface area (Å²) in [5.74, 6) is -1.37. The predicted molar refractivity (Wildman–Crippen MR) is 50.6 cm³/mol. The normalized spacial score (nSPS) is 15.5. The topological polar surface area (TPSA) is 54.4 Å². The van der Waals surface area contributed by atoms with Gasteiger partial charge < -0.3 is 5.11 Å². The van der Waals surface area contributed by atoms with Gasteiger partial charge in [0.2, 0.25) is 0 Å². The van der Waals surface area contributed by atoms with Crippen LogP contribution in [0, 0.1) is 0 Å². The zero-order chi connectivity index (χ0) is 10.1. The minimum absolute atomic E-state index is 0.312. The van der Waals surface area contributed by atoms with E-state index in [4.69, 9.17) is 5.11 Å². The molecule has 0 aliphatic heterocycles. The summed E-state index contributed by atoms with van der Waals surface area (Å²) in [6.45, 7) is 1.24. The molecule has 3 nitrogen and oxygen atoms in total. The fraction of sp³-hybridized carbons (Fsp3) is 0.800. The Bertz CT molecular complexity index is 136. The number of carbonyl (C=O) groups excluding carboxylic acids is 1. The molecule has 0 aromatic carbocycles. The molecular weight excluding hydrogens is 168 g/mol. The van der Waals surface area contributed by atoms with E-state index in [0.717, 1.165) is 0 Å². The van der Waals surface area contributed by atoms with Gasteiger partial charge in [0, 0.05) is 0 Å². The summed E-state index contributed by atoms with van der Waals surface area (Å²) < 4.78 is 0. The Morgan fingerprint density at radius 2 is 1.31 bits per heavy atom. The second kappa shape index (κ2) is 7.77. The largest absolute Gasteiger partial charge is 0.481 e. The van der Waals surface area contributed by atoms with Crippen molar-refractivity contribution in [3.05, 3.63) is 0 Å². The molecule has 0 spiro atoms. The Labute approximate surface area is 79.1 Å². The van der Waals surface area contributed by atoms with Crippen LogP contribution < -0.4 is 0 Å². The molecule has 0 aromatic heterocycles. The smallest absolute Gasteiger partial charge is 0.310 e. The van der Waals surface area contributed by atoms with E-state index in [9.17, 15) is 9.59 Å². The van der Waals surface area contributed by atoms with Crippen LogP contribution in [0.15, 0.2) is 0 Å². The van der Waals surface area contributed by atoms with Crippen LogP contribution in [0.4, 0.5) is 0 Å². The minimum atomic E-state index is -1.06. The lowest BCUT2D eigenvalue weighted by atomic mass is 10.0. The molecule has 76 valence electrons. The van der Waals surface area contributed by atoms with E-state index in [2.05, 4.69) is 0 Å². The Morgan fingerprint density at radius 3 is 1.38 bits per heavy atom. The van der Waals surface area contributed by atoms with E-state index in [-0.39, 0.29) is 12.2 Å². The Hall–Kier alpha value is -0.860. The van der Waals surface area contributed by atoms with Gasteiger partial charge in [-0.3, -0.25) is 9.59 Å². The van der Waals surface area contributed by atoms with E-state index in [1.807, 2.05) is 0 Å². The molecule has 0 saturated heterocycles. The van der Waals surface area contributed by atoms with Gasteiger partial charge in [-0.1, -0.05) is 38.5 Å². The number of hydrogen-bond donors (Lipinski definition) is 1. The highest BCUT2D eigenvalue weighted by Gasteiger charge is 1.98. The van der Waals surface area contributed by atoms with E-state index in [0.29, 0.717) is 0 Å². The van der Waals surface area contributed by atoms with Crippen LogP contribution in [0.1, 0.15) is 51.9 Å². The predicted octanol–water partition coefficient (Wildman–Crippen LogP) is 2.39. The average Bonchev–Trinajstić information content (AvgIpc) is 2.06. The van der Waals surface area contributed by atoms with Crippen LogP contribution in [0.5, 0.6) is 0 Å². The molecular formula is C10H18O3. The lowest BCUT2D eigenvalue weighted by molar-refractivity contribution is -0.139. The molecule has 0 heterocycles. The van der Waals surface area contributed by atoms with Gasteiger partial charge in [-0.15, -0.1) is 0 Å². The van der Waals surface area contributed by atoms with Crippen molar-refractivity contribution in [2.45, 2.75) is 51.9 Å². The van der Waals surface area contributed by atoms with Gasteiger partial charge in [0.15, 0.2) is 0 Å². The molecule has 1 rings (SSSR count). The number of Topliss-reactive ketones (excluding diaryl/α,β-unsaturated/α-hetero) is 1. The summed E-state index contributed by atoms with van der Waals surface area (Å²) in [4.78, 5) is 19.5. The second-order valence-electron chi connectivity index (χ2n) is 3.39. The zero-order valence-corrected chi connectivity index (χ0v) is 8.21. The van der Waals surface area contributed by atoms with Gasteiger partial charge in [0.05, 0.1) is 0 Å². The molecule has 13 heavy (non-hydrogen) atoms. The quantitative estimate of drug-likeness (QED) is 0.674.